The van der Waals surface area contributed by atoms with Crippen molar-refractivity contribution < 1.29 is 13.2 Å². The summed E-state index contributed by atoms with van der Waals surface area (Å²) in [5.74, 6) is 5.27. The second-order valence-electron chi connectivity index (χ2n) is 22.5. The Hall–Kier alpha value is -8.53. The van der Waals surface area contributed by atoms with E-state index in [9.17, 15) is 13.2 Å². The summed E-state index contributed by atoms with van der Waals surface area (Å²) in [4.78, 5) is 47.0. The van der Waals surface area contributed by atoms with Crippen LogP contribution in [-0.2, 0) is 58.0 Å². The quantitative estimate of drug-likeness (QED) is 0.158. The maximum absolute atomic E-state index is 12.7. The standard InChI is InChI=1S/C19H18F3N5.C12H13ClN4.C9H14N2.C8H12N2.C8H8N2.C7H9N.C4H2Cl2N2/c1-12-18(27-9-3-2-4-17(27)24-12)15-10-23-11-16(26-15)25-14-7-5-13(6-8-14)19(20,21)22;1-8-12(9-6-14-7-10(13)16-9)17-5-3-2-4-11(17)15-8;1-7-8(2)11-6-4-3-5-9(11)10-7;2*1-7-6-10-5-3-2-4-8(10)9-7;1-6-2-4-7(8)5-3-6;5-3-1-7-2-4(6)8-3/h5-8,10-11H,2-4,9H2,1H3,(H,25,26);6-7H,2-5H2,1H3;3-6H2,1-2H3;6H,2-5H2,1H3;2-6H,1H3;2-5H,8H2,1H3;1-2H. The zero-order valence-corrected chi connectivity index (χ0v) is 54.6. The summed E-state index contributed by atoms with van der Waals surface area (Å²) in [5, 5.41) is 4.07. The maximum Gasteiger partial charge on any atom is 0.416 e. The number of anilines is 3. The zero-order chi connectivity index (χ0) is 64.6. The highest BCUT2D eigenvalue weighted by Gasteiger charge is 2.30. The highest BCUT2D eigenvalue weighted by Crippen LogP contribution is 2.32. The highest BCUT2D eigenvalue weighted by atomic mass is 35.5. The molecule has 0 fully saturated rings. The molecule has 24 heteroatoms. The molecule has 2 aromatic carbocycles. The normalized spacial score (nSPS) is 13.5. The molecule has 0 saturated heterocycles. The van der Waals surface area contributed by atoms with Crippen LogP contribution in [-0.4, -0.2) is 77.5 Å². The Balaban J connectivity index is 0.000000133. The summed E-state index contributed by atoms with van der Waals surface area (Å²) in [5.41, 5.74) is 18.6. The maximum atomic E-state index is 12.7. The number of imidazole rings is 5. The topological polar surface area (TPSA) is 204 Å². The predicted octanol–water partition coefficient (Wildman–Crippen LogP) is 15.8. The monoisotopic (exact) mass is 1290 g/mol. The van der Waals surface area contributed by atoms with Gasteiger partial charge in [0, 0.05) is 87.5 Å². The van der Waals surface area contributed by atoms with Crippen molar-refractivity contribution in [3.05, 3.63) is 207 Å². The summed E-state index contributed by atoms with van der Waals surface area (Å²) >= 11 is 16.7. The van der Waals surface area contributed by atoms with Crippen LogP contribution in [0.2, 0.25) is 15.5 Å². The number of pyridine rings is 1. The summed E-state index contributed by atoms with van der Waals surface area (Å²) in [6, 6.07) is 18.6. The van der Waals surface area contributed by atoms with Gasteiger partial charge < -0.3 is 33.7 Å². The number of aromatic nitrogens is 16. The highest BCUT2D eigenvalue weighted by molar-refractivity contribution is 6.32. The van der Waals surface area contributed by atoms with E-state index in [0.717, 1.165) is 114 Å². The number of benzene rings is 2. The summed E-state index contributed by atoms with van der Waals surface area (Å²) in [6.07, 6.45) is 25.5. The Morgan fingerprint density at radius 2 is 0.978 bits per heavy atom. The largest absolute Gasteiger partial charge is 0.416 e. The average Bonchev–Trinajstić information content (AvgIpc) is 1.74. The van der Waals surface area contributed by atoms with Crippen LogP contribution >= 0.6 is 34.8 Å². The van der Waals surface area contributed by atoms with Gasteiger partial charge in [-0.25, -0.2) is 39.9 Å². The number of alkyl halides is 3. The Labute approximate surface area is 543 Å². The fraction of sp³-hybridized carbons (Fsp3) is 0.358. The lowest BCUT2D eigenvalue weighted by Gasteiger charge is -2.16. The number of halogens is 6. The molecule has 0 amide bonds. The van der Waals surface area contributed by atoms with E-state index in [0.29, 0.717) is 32.7 Å². The van der Waals surface area contributed by atoms with E-state index in [1.54, 1.807) is 24.8 Å². The van der Waals surface area contributed by atoms with Crippen molar-refractivity contribution in [3.8, 4) is 22.8 Å². The van der Waals surface area contributed by atoms with E-state index in [1.807, 2.05) is 87.0 Å². The van der Waals surface area contributed by atoms with Gasteiger partial charge in [-0.1, -0.05) is 58.6 Å². The van der Waals surface area contributed by atoms with Crippen molar-refractivity contribution >= 4 is 57.6 Å². The van der Waals surface area contributed by atoms with Gasteiger partial charge >= 0.3 is 6.18 Å². The van der Waals surface area contributed by atoms with Crippen molar-refractivity contribution in [1.29, 1.82) is 0 Å². The van der Waals surface area contributed by atoms with Crippen molar-refractivity contribution in [2.45, 2.75) is 158 Å². The van der Waals surface area contributed by atoms with E-state index < -0.39 is 11.7 Å². The van der Waals surface area contributed by atoms with Gasteiger partial charge in [0.25, 0.3) is 0 Å². The van der Waals surface area contributed by atoms with E-state index >= 15 is 0 Å². The van der Waals surface area contributed by atoms with Gasteiger partial charge in [-0.2, -0.15) is 13.2 Å². The fourth-order valence-corrected chi connectivity index (χ4v) is 11.5. The first-order valence-corrected chi connectivity index (χ1v) is 31.7. The second kappa shape index (κ2) is 31.5. The molecular weight excluding hydrogens is 1220 g/mol. The number of hydrogen-bond acceptors (Lipinski definition) is 13. The lowest BCUT2D eigenvalue weighted by Crippen LogP contribution is -2.12. The van der Waals surface area contributed by atoms with E-state index in [1.165, 1.54) is 118 Å². The number of nitrogens with two attached hydrogens (primary N) is 1. The van der Waals surface area contributed by atoms with Crippen molar-refractivity contribution in [2.24, 2.45) is 0 Å². The Kier molecular flexibility index (Phi) is 23.1. The third-order valence-corrected chi connectivity index (χ3v) is 16.0. The van der Waals surface area contributed by atoms with E-state index in [4.69, 9.17) is 40.5 Å². The predicted molar refractivity (Wildman–Crippen MR) is 354 cm³/mol. The summed E-state index contributed by atoms with van der Waals surface area (Å²) in [7, 11) is 0. The minimum atomic E-state index is -4.35. The van der Waals surface area contributed by atoms with Crippen LogP contribution in [0.15, 0.2) is 123 Å². The average molecular weight is 1300 g/mol. The van der Waals surface area contributed by atoms with Crippen LogP contribution in [0.25, 0.3) is 28.4 Å². The van der Waals surface area contributed by atoms with Crippen molar-refractivity contribution in [2.75, 3.05) is 11.1 Å². The molecule has 0 unspecified atom stereocenters. The van der Waals surface area contributed by atoms with Crippen LogP contribution in [0.5, 0.6) is 0 Å². The molecule has 13 heterocycles. The van der Waals surface area contributed by atoms with Crippen molar-refractivity contribution in [3.63, 3.8) is 0 Å². The van der Waals surface area contributed by atoms with Crippen LogP contribution in [0.3, 0.4) is 0 Å². The molecule has 0 aliphatic carbocycles. The third-order valence-electron chi connectivity index (χ3n) is 15.5. The molecule has 4 aliphatic rings. The molecule has 0 saturated carbocycles. The van der Waals surface area contributed by atoms with Gasteiger partial charge in [-0.3, -0.25) is 15.0 Å². The zero-order valence-electron chi connectivity index (χ0n) is 52.4. The molecule has 0 spiro atoms. The smallest absolute Gasteiger partial charge is 0.399 e. The third kappa shape index (κ3) is 18.6. The molecule has 0 atom stereocenters. The second-order valence-corrected chi connectivity index (χ2v) is 23.7. The van der Waals surface area contributed by atoms with Crippen molar-refractivity contribution in [1.82, 2.24) is 77.5 Å². The molecule has 476 valence electrons. The molecule has 0 radical (unpaired) electrons. The molecule has 3 N–H and O–H groups in total. The number of nitrogen functional groups attached to an aromatic ring is 1. The van der Waals surface area contributed by atoms with Gasteiger partial charge in [-0.05, 0) is 148 Å². The van der Waals surface area contributed by atoms with Crippen LogP contribution in [0, 0.1) is 48.5 Å². The van der Waals surface area contributed by atoms with Gasteiger partial charge in [0.15, 0.2) is 0 Å². The molecule has 4 aliphatic heterocycles. The first kappa shape index (κ1) is 66.9. The van der Waals surface area contributed by atoms with Crippen LogP contribution in [0.1, 0.15) is 120 Å². The minimum absolute atomic E-state index is 0.317. The summed E-state index contributed by atoms with van der Waals surface area (Å²) in [6.45, 7) is 18.6. The number of fused-ring (bicyclic) bond motifs is 5. The van der Waals surface area contributed by atoms with Crippen LogP contribution < -0.4 is 11.1 Å². The molecule has 9 aromatic heterocycles. The summed E-state index contributed by atoms with van der Waals surface area (Å²) < 4.78 is 49.1. The number of hydrogen-bond donors (Lipinski definition) is 2. The van der Waals surface area contributed by atoms with E-state index in [-0.39, 0.29) is 0 Å². The Morgan fingerprint density at radius 1 is 0.473 bits per heavy atom. The molecule has 11 aromatic rings. The lowest BCUT2D eigenvalue weighted by atomic mass is 10.1. The number of nitrogens with one attached hydrogen (secondary N) is 1. The number of aryl methyl sites for hydroxylation is 11. The fourth-order valence-electron chi connectivity index (χ4n) is 11.0. The minimum Gasteiger partial charge on any atom is -0.399 e. The number of rotatable bonds is 4. The van der Waals surface area contributed by atoms with Gasteiger partial charge in [0.1, 0.15) is 61.6 Å². The van der Waals surface area contributed by atoms with Crippen LogP contribution in [0.4, 0.5) is 30.4 Å². The molecular formula is C67H76Cl3F3N18. The SMILES string of the molecule is Cc1ccc(N)cc1.Cc1cn2c(n1)CCCC2.Cc1cn2ccccc2n1.Cc1nc2n(c1-c1cncc(Cl)n1)CCCC2.Cc1nc2n(c1-c1cncc(Nc3ccc(C(F)(F)F)cc3)n1)CCCC2.Cc1nc2n(c1C)CCCC2.Clc1cncc(Cl)n1. The molecule has 18 nitrogen and oxygen atoms in total. The van der Waals surface area contributed by atoms with Gasteiger partial charge in [-0.15, -0.1) is 0 Å². The van der Waals surface area contributed by atoms with Gasteiger partial charge in [0.05, 0.1) is 82.6 Å². The molecule has 0 bridgehead atoms. The Morgan fingerprint density at radius 3 is 1.51 bits per heavy atom. The lowest BCUT2D eigenvalue weighted by molar-refractivity contribution is -0.137. The Bertz CT molecular complexity index is 4050. The first-order chi connectivity index (χ1) is 43.8. The van der Waals surface area contributed by atoms with E-state index in [2.05, 4.69) is 105 Å². The first-order valence-electron chi connectivity index (χ1n) is 30.5. The van der Waals surface area contributed by atoms with Gasteiger partial charge in [0.2, 0.25) is 0 Å². The number of nitrogens with zero attached hydrogens (tertiary/aromatic N) is 16. The molecule has 15 rings (SSSR count). The molecule has 91 heavy (non-hydrogen) atoms.